The van der Waals surface area contributed by atoms with Crippen LogP contribution in [-0.2, 0) is 9.53 Å². The second-order valence-electron chi connectivity index (χ2n) is 8.96. The Hall–Kier alpha value is -1.09. The van der Waals surface area contributed by atoms with E-state index < -0.39 is 5.41 Å². The third-order valence-electron chi connectivity index (χ3n) is 7.65. The van der Waals surface area contributed by atoms with Gasteiger partial charge in [0.2, 0.25) is 0 Å². The molecule has 0 amide bonds. The van der Waals surface area contributed by atoms with Gasteiger partial charge in [-0.15, -0.1) is 6.58 Å². The lowest BCUT2D eigenvalue weighted by Gasteiger charge is -2.57. The Kier molecular flexibility index (Phi) is 4.23. The number of methoxy groups -OCH3 is 1. The number of carbonyl (C=O) groups is 1. The number of aliphatic hydroxyl groups excluding tert-OH is 1. The Labute approximate surface area is 146 Å². The number of hydrogen-bond acceptors (Lipinski definition) is 3. The van der Waals surface area contributed by atoms with Gasteiger partial charge in [0.15, 0.2) is 0 Å². The maximum Gasteiger partial charge on any atom is 0.311 e. The molecule has 3 heteroatoms. The number of hydrogen-bond donors (Lipinski definition) is 1. The highest BCUT2D eigenvalue weighted by atomic mass is 16.5. The van der Waals surface area contributed by atoms with Crippen molar-refractivity contribution in [2.24, 2.45) is 22.2 Å². The fourth-order valence-corrected chi connectivity index (χ4v) is 6.01. The van der Waals surface area contributed by atoms with Crippen LogP contribution in [0.2, 0.25) is 0 Å². The number of rotatable bonds is 2. The van der Waals surface area contributed by atoms with Gasteiger partial charge in [-0.1, -0.05) is 37.5 Å². The first-order valence-electron chi connectivity index (χ1n) is 9.33. The molecule has 0 unspecified atom stereocenters. The molecule has 134 valence electrons. The molecule has 3 aliphatic rings. The Morgan fingerprint density at radius 2 is 2.04 bits per heavy atom. The summed E-state index contributed by atoms with van der Waals surface area (Å²) in [5.74, 6) is 0.250. The van der Waals surface area contributed by atoms with Gasteiger partial charge in [0, 0.05) is 5.41 Å². The standard InChI is InChI=1S/C21H32O3/c1-6-19(2)13-14-8-9-16-20(3,15(14)12-17(19)22)10-7-11-21(16,4)18(23)24-5/h6,16-17,22H,1,7-13H2,2-5H3/t16-,17+,19+,20-,21+/m1/s1. The number of esters is 1. The lowest BCUT2D eigenvalue weighted by Crippen LogP contribution is -2.52. The normalized spacial score (nSPS) is 45.2. The zero-order chi connectivity index (χ0) is 17.8. The third kappa shape index (κ3) is 2.31. The van der Waals surface area contributed by atoms with Crippen molar-refractivity contribution in [3.63, 3.8) is 0 Å². The molecule has 0 bridgehead atoms. The fraction of sp³-hybridized carbons (Fsp3) is 0.762. The summed E-state index contributed by atoms with van der Waals surface area (Å²) >= 11 is 0. The number of fused-ring (bicyclic) bond motifs is 2. The Morgan fingerprint density at radius 3 is 2.67 bits per heavy atom. The van der Waals surface area contributed by atoms with Crippen LogP contribution < -0.4 is 0 Å². The van der Waals surface area contributed by atoms with Crippen LogP contribution in [0.5, 0.6) is 0 Å². The minimum absolute atomic E-state index is 0.0122. The smallest absolute Gasteiger partial charge is 0.311 e. The first kappa shape index (κ1) is 17.7. The molecule has 24 heavy (non-hydrogen) atoms. The lowest BCUT2D eigenvalue weighted by atomic mass is 9.47. The van der Waals surface area contributed by atoms with Gasteiger partial charge in [0.05, 0.1) is 18.6 Å². The van der Waals surface area contributed by atoms with Crippen LogP contribution in [0.1, 0.15) is 65.7 Å². The van der Waals surface area contributed by atoms with Crippen LogP contribution in [0, 0.1) is 22.2 Å². The van der Waals surface area contributed by atoms with Crippen molar-refractivity contribution in [3.05, 3.63) is 23.8 Å². The van der Waals surface area contributed by atoms with Crippen molar-refractivity contribution >= 4 is 5.97 Å². The van der Waals surface area contributed by atoms with E-state index in [2.05, 4.69) is 27.4 Å². The van der Waals surface area contributed by atoms with Crippen molar-refractivity contribution in [2.45, 2.75) is 71.8 Å². The van der Waals surface area contributed by atoms with E-state index in [0.717, 1.165) is 44.9 Å². The summed E-state index contributed by atoms with van der Waals surface area (Å²) in [5, 5.41) is 10.8. The highest BCUT2D eigenvalue weighted by molar-refractivity contribution is 5.77. The van der Waals surface area contributed by atoms with Gasteiger partial charge in [-0.2, -0.15) is 0 Å². The second kappa shape index (κ2) is 5.72. The van der Waals surface area contributed by atoms with E-state index in [0.29, 0.717) is 5.92 Å². The number of aliphatic hydroxyl groups is 1. The molecular formula is C21H32O3. The topological polar surface area (TPSA) is 46.5 Å². The molecule has 3 rings (SSSR count). The molecular weight excluding hydrogens is 300 g/mol. The lowest BCUT2D eigenvalue weighted by molar-refractivity contribution is -0.163. The summed E-state index contributed by atoms with van der Waals surface area (Å²) in [6.45, 7) is 10.5. The summed E-state index contributed by atoms with van der Waals surface area (Å²) in [6, 6.07) is 0. The van der Waals surface area contributed by atoms with E-state index >= 15 is 0 Å². The minimum atomic E-state index is -0.398. The average molecular weight is 332 g/mol. The van der Waals surface area contributed by atoms with Crippen molar-refractivity contribution < 1.29 is 14.6 Å². The number of carbonyl (C=O) groups excluding carboxylic acids is 1. The third-order valence-corrected chi connectivity index (χ3v) is 7.65. The largest absolute Gasteiger partial charge is 0.469 e. The van der Waals surface area contributed by atoms with Crippen molar-refractivity contribution in [1.29, 1.82) is 0 Å². The molecule has 0 radical (unpaired) electrons. The van der Waals surface area contributed by atoms with E-state index in [-0.39, 0.29) is 22.9 Å². The van der Waals surface area contributed by atoms with Gasteiger partial charge in [-0.3, -0.25) is 4.79 Å². The van der Waals surface area contributed by atoms with E-state index in [9.17, 15) is 9.90 Å². The second-order valence-corrected chi connectivity index (χ2v) is 8.96. The first-order chi connectivity index (χ1) is 11.2. The van der Waals surface area contributed by atoms with Crippen LogP contribution >= 0.6 is 0 Å². The molecule has 5 atom stereocenters. The summed E-state index contributed by atoms with van der Waals surface area (Å²) in [7, 11) is 1.51. The zero-order valence-corrected chi connectivity index (χ0v) is 15.7. The Balaban J connectivity index is 2.02. The van der Waals surface area contributed by atoms with Crippen molar-refractivity contribution in [2.75, 3.05) is 7.11 Å². The Bertz CT molecular complexity index is 592. The molecule has 1 saturated carbocycles. The van der Waals surface area contributed by atoms with E-state index in [1.807, 2.05) is 6.08 Å². The van der Waals surface area contributed by atoms with E-state index in [1.54, 1.807) is 0 Å². The van der Waals surface area contributed by atoms with Crippen LogP contribution in [0.15, 0.2) is 23.8 Å². The molecule has 3 aliphatic carbocycles. The Morgan fingerprint density at radius 1 is 1.33 bits per heavy atom. The molecule has 0 spiro atoms. The summed E-state index contributed by atoms with van der Waals surface area (Å²) in [6.07, 6.45) is 8.33. The molecule has 0 aromatic rings. The molecule has 3 nitrogen and oxygen atoms in total. The molecule has 0 aliphatic heterocycles. The van der Waals surface area contributed by atoms with Crippen molar-refractivity contribution in [3.8, 4) is 0 Å². The molecule has 1 fully saturated rings. The monoisotopic (exact) mass is 332 g/mol. The van der Waals surface area contributed by atoms with Crippen molar-refractivity contribution in [1.82, 2.24) is 0 Å². The highest BCUT2D eigenvalue weighted by Crippen LogP contribution is 2.63. The van der Waals surface area contributed by atoms with E-state index in [1.165, 1.54) is 18.3 Å². The summed E-state index contributed by atoms with van der Waals surface area (Å²) < 4.78 is 5.18. The molecule has 0 aromatic carbocycles. The van der Waals surface area contributed by atoms with Gasteiger partial charge >= 0.3 is 5.97 Å². The van der Waals surface area contributed by atoms with Crippen LogP contribution in [0.3, 0.4) is 0 Å². The molecule has 1 N–H and O–H groups in total. The maximum absolute atomic E-state index is 12.6. The predicted octanol–water partition coefficient (Wildman–Crippen LogP) is 4.41. The van der Waals surface area contributed by atoms with Gasteiger partial charge < -0.3 is 9.84 Å². The summed E-state index contributed by atoms with van der Waals surface area (Å²) in [5.41, 5.74) is 2.33. The van der Waals surface area contributed by atoms with Gasteiger partial charge in [0.1, 0.15) is 0 Å². The van der Waals surface area contributed by atoms with Gasteiger partial charge in [0.25, 0.3) is 0 Å². The first-order valence-corrected chi connectivity index (χ1v) is 9.33. The van der Waals surface area contributed by atoms with Crippen LogP contribution in [0.25, 0.3) is 0 Å². The zero-order valence-electron chi connectivity index (χ0n) is 15.7. The highest BCUT2D eigenvalue weighted by Gasteiger charge is 2.57. The van der Waals surface area contributed by atoms with Crippen LogP contribution in [-0.4, -0.2) is 24.3 Å². The predicted molar refractivity (Wildman–Crippen MR) is 95.4 cm³/mol. The molecule has 0 heterocycles. The van der Waals surface area contributed by atoms with Gasteiger partial charge in [-0.25, -0.2) is 0 Å². The van der Waals surface area contributed by atoms with E-state index in [4.69, 9.17) is 4.74 Å². The molecule has 0 saturated heterocycles. The minimum Gasteiger partial charge on any atom is -0.469 e. The SMILES string of the molecule is C=C[C@@]1(C)CC2=C(C[C@@H]1O)[C@@]1(C)CCC[C@](C)(C(=O)OC)[C@@H]1CC2. The number of allylic oxidation sites excluding steroid dienone is 1. The van der Waals surface area contributed by atoms with Crippen LogP contribution in [0.4, 0.5) is 0 Å². The quantitative estimate of drug-likeness (QED) is 0.602. The average Bonchev–Trinajstić information content (AvgIpc) is 2.55. The number of ether oxygens (including phenoxy) is 1. The summed E-state index contributed by atoms with van der Waals surface area (Å²) in [4.78, 5) is 12.6. The molecule has 0 aromatic heterocycles. The maximum atomic E-state index is 12.6. The van der Waals surface area contributed by atoms with Gasteiger partial charge in [-0.05, 0) is 56.8 Å². The fourth-order valence-electron chi connectivity index (χ4n) is 6.01.